The third-order valence-corrected chi connectivity index (χ3v) is 2.50. The molecule has 0 amide bonds. The Labute approximate surface area is 103 Å². The molecule has 0 aliphatic carbocycles. The lowest BCUT2D eigenvalue weighted by molar-refractivity contribution is -0.133. The van der Waals surface area contributed by atoms with Crippen molar-refractivity contribution in [1.82, 2.24) is 10.3 Å². The Balaban J connectivity index is 2.38. The molecule has 0 spiro atoms. The molecule has 0 aromatic carbocycles. The average molecular weight is 238 g/mol. The van der Waals surface area contributed by atoms with Crippen LogP contribution in [0.1, 0.15) is 32.4 Å². The van der Waals surface area contributed by atoms with Gasteiger partial charge in [0.1, 0.15) is 0 Å². The van der Waals surface area contributed by atoms with Crippen LogP contribution in [0.15, 0.2) is 24.5 Å². The Kier molecular flexibility index (Phi) is 6.77. The number of nitrogens with one attached hydrogen (secondary N) is 1. The Morgan fingerprint density at radius 3 is 2.29 bits per heavy atom. The predicted octanol–water partition coefficient (Wildman–Crippen LogP) is 2.13. The number of nitrogens with zero attached hydrogens (tertiary/aromatic N) is 1. The van der Waals surface area contributed by atoms with Crippen molar-refractivity contribution in [2.45, 2.75) is 33.1 Å². The molecule has 1 unspecified atom stereocenters. The van der Waals surface area contributed by atoms with Gasteiger partial charge in [-0.05, 0) is 38.5 Å². The standard InChI is InChI=1S/C13H22N2O2/c1-4-16-13(17-5-2)10-15-11(3)12-6-8-14-9-7-12/h6-9,11,13,15H,4-5,10H2,1-3H3. The van der Waals surface area contributed by atoms with Crippen molar-refractivity contribution in [3.8, 4) is 0 Å². The van der Waals surface area contributed by atoms with Gasteiger partial charge in [-0.2, -0.15) is 0 Å². The van der Waals surface area contributed by atoms with E-state index in [-0.39, 0.29) is 12.3 Å². The number of rotatable bonds is 8. The molecule has 1 rings (SSSR count). The quantitative estimate of drug-likeness (QED) is 0.705. The molecule has 0 aliphatic rings. The van der Waals surface area contributed by atoms with Crippen molar-refractivity contribution >= 4 is 0 Å². The van der Waals surface area contributed by atoms with Gasteiger partial charge >= 0.3 is 0 Å². The van der Waals surface area contributed by atoms with Gasteiger partial charge in [-0.15, -0.1) is 0 Å². The predicted molar refractivity (Wildman–Crippen MR) is 67.7 cm³/mol. The van der Waals surface area contributed by atoms with Gasteiger partial charge in [0.05, 0.1) is 0 Å². The first-order valence-electron chi connectivity index (χ1n) is 6.14. The monoisotopic (exact) mass is 238 g/mol. The fourth-order valence-corrected chi connectivity index (χ4v) is 1.58. The Morgan fingerprint density at radius 2 is 1.76 bits per heavy atom. The van der Waals surface area contributed by atoms with Crippen LogP contribution in [-0.4, -0.2) is 31.0 Å². The maximum atomic E-state index is 5.47. The van der Waals surface area contributed by atoms with E-state index in [0.717, 1.165) is 0 Å². The number of aromatic nitrogens is 1. The Hall–Kier alpha value is -0.970. The van der Waals surface area contributed by atoms with Gasteiger partial charge in [0.15, 0.2) is 6.29 Å². The van der Waals surface area contributed by atoms with Crippen molar-refractivity contribution in [2.75, 3.05) is 19.8 Å². The molecule has 0 saturated carbocycles. The molecule has 17 heavy (non-hydrogen) atoms. The molecular formula is C13H22N2O2. The summed E-state index contributed by atoms with van der Waals surface area (Å²) in [4.78, 5) is 4.00. The van der Waals surface area contributed by atoms with E-state index in [9.17, 15) is 0 Å². The molecular weight excluding hydrogens is 216 g/mol. The number of hydrogen-bond donors (Lipinski definition) is 1. The summed E-state index contributed by atoms with van der Waals surface area (Å²) >= 11 is 0. The molecule has 0 fully saturated rings. The number of ether oxygens (including phenoxy) is 2. The summed E-state index contributed by atoms with van der Waals surface area (Å²) in [6.07, 6.45) is 3.43. The summed E-state index contributed by atoms with van der Waals surface area (Å²) < 4.78 is 10.9. The lowest BCUT2D eigenvalue weighted by Crippen LogP contribution is -2.33. The smallest absolute Gasteiger partial charge is 0.169 e. The second-order valence-corrected chi connectivity index (χ2v) is 3.75. The van der Waals surface area contributed by atoms with Crippen LogP contribution in [0.3, 0.4) is 0 Å². The van der Waals surface area contributed by atoms with E-state index in [1.165, 1.54) is 5.56 Å². The van der Waals surface area contributed by atoms with E-state index in [1.54, 1.807) is 12.4 Å². The lowest BCUT2D eigenvalue weighted by Gasteiger charge is -2.20. The van der Waals surface area contributed by atoms with Gasteiger partial charge in [-0.1, -0.05) is 0 Å². The fraction of sp³-hybridized carbons (Fsp3) is 0.615. The van der Waals surface area contributed by atoms with Crippen LogP contribution in [0.25, 0.3) is 0 Å². The maximum Gasteiger partial charge on any atom is 0.169 e. The van der Waals surface area contributed by atoms with Gasteiger partial charge in [0.2, 0.25) is 0 Å². The first-order valence-corrected chi connectivity index (χ1v) is 6.14. The minimum Gasteiger partial charge on any atom is -0.352 e. The van der Waals surface area contributed by atoms with E-state index in [2.05, 4.69) is 17.2 Å². The molecule has 4 nitrogen and oxygen atoms in total. The normalized spacial score (nSPS) is 12.9. The molecule has 1 N–H and O–H groups in total. The molecule has 0 saturated heterocycles. The highest BCUT2D eigenvalue weighted by Crippen LogP contribution is 2.10. The molecule has 0 radical (unpaired) electrons. The first kappa shape index (κ1) is 14.1. The lowest BCUT2D eigenvalue weighted by atomic mass is 10.1. The second kappa shape index (κ2) is 8.17. The second-order valence-electron chi connectivity index (χ2n) is 3.75. The summed E-state index contributed by atoms with van der Waals surface area (Å²) in [5.41, 5.74) is 1.21. The highest BCUT2D eigenvalue weighted by atomic mass is 16.7. The van der Waals surface area contributed by atoms with E-state index >= 15 is 0 Å². The van der Waals surface area contributed by atoms with Crippen LogP contribution >= 0.6 is 0 Å². The third kappa shape index (κ3) is 5.26. The maximum absolute atomic E-state index is 5.47. The molecule has 1 aromatic heterocycles. The van der Waals surface area contributed by atoms with Gasteiger partial charge in [-0.25, -0.2) is 0 Å². The van der Waals surface area contributed by atoms with Gasteiger partial charge in [-0.3, -0.25) is 4.98 Å². The molecule has 1 aromatic rings. The molecule has 96 valence electrons. The summed E-state index contributed by atoms with van der Waals surface area (Å²) in [5, 5.41) is 3.39. The Bertz CT molecular complexity index is 287. The van der Waals surface area contributed by atoms with Crippen LogP contribution < -0.4 is 5.32 Å². The highest BCUT2D eigenvalue weighted by molar-refractivity contribution is 5.13. The van der Waals surface area contributed by atoms with E-state index < -0.39 is 0 Å². The van der Waals surface area contributed by atoms with Crippen molar-refractivity contribution < 1.29 is 9.47 Å². The summed E-state index contributed by atoms with van der Waals surface area (Å²) in [6, 6.07) is 4.28. The minimum absolute atomic E-state index is 0.172. The molecule has 0 aliphatic heterocycles. The van der Waals surface area contributed by atoms with Crippen LogP contribution in [-0.2, 0) is 9.47 Å². The van der Waals surface area contributed by atoms with Crippen molar-refractivity contribution in [2.24, 2.45) is 0 Å². The van der Waals surface area contributed by atoms with Crippen LogP contribution in [0.4, 0.5) is 0 Å². The van der Waals surface area contributed by atoms with Gasteiger partial charge < -0.3 is 14.8 Å². The fourth-order valence-electron chi connectivity index (χ4n) is 1.58. The van der Waals surface area contributed by atoms with E-state index in [4.69, 9.17) is 9.47 Å². The number of hydrogen-bond acceptors (Lipinski definition) is 4. The average Bonchev–Trinajstić information content (AvgIpc) is 2.37. The zero-order chi connectivity index (χ0) is 12.5. The first-order chi connectivity index (χ1) is 8.27. The zero-order valence-electron chi connectivity index (χ0n) is 10.8. The zero-order valence-corrected chi connectivity index (χ0v) is 10.8. The van der Waals surface area contributed by atoms with Crippen molar-refractivity contribution in [1.29, 1.82) is 0 Å². The Morgan fingerprint density at radius 1 is 1.18 bits per heavy atom. The van der Waals surface area contributed by atoms with E-state index in [0.29, 0.717) is 19.8 Å². The molecule has 1 heterocycles. The minimum atomic E-state index is -0.172. The summed E-state index contributed by atoms with van der Waals surface area (Å²) in [5.74, 6) is 0. The van der Waals surface area contributed by atoms with Gasteiger partial charge in [0.25, 0.3) is 0 Å². The van der Waals surface area contributed by atoms with E-state index in [1.807, 2.05) is 26.0 Å². The summed E-state index contributed by atoms with van der Waals surface area (Å²) in [7, 11) is 0. The molecule has 0 bridgehead atoms. The topological polar surface area (TPSA) is 43.4 Å². The van der Waals surface area contributed by atoms with Gasteiger partial charge in [0, 0.05) is 38.2 Å². The van der Waals surface area contributed by atoms with Crippen molar-refractivity contribution in [3.63, 3.8) is 0 Å². The molecule has 4 heteroatoms. The van der Waals surface area contributed by atoms with Crippen LogP contribution in [0, 0.1) is 0 Å². The van der Waals surface area contributed by atoms with Crippen LogP contribution in [0.2, 0.25) is 0 Å². The number of pyridine rings is 1. The van der Waals surface area contributed by atoms with Crippen LogP contribution in [0.5, 0.6) is 0 Å². The third-order valence-electron chi connectivity index (χ3n) is 2.50. The summed E-state index contributed by atoms with van der Waals surface area (Å²) in [6.45, 7) is 8.07. The SMILES string of the molecule is CCOC(CNC(C)c1ccncc1)OCC. The van der Waals surface area contributed by atoms with Crippen molar-refractivity contribution in [3.05, 3.63) is 30.1 Å². The highest BCUT2D eigenvalue weighted by Gasteiger charge is 2.10. The largest absolute Gasteiger partial charge is 0.352 e. The molecule has 1 atom stereocenters.